The van der Waals surface area contributed by atoms with Crippen molar-refractivity contribution in [3.8, 4) is 0 Å². The SMILES string of the molecule is CCC(=C(CCO)C(=O)O)N(CC)CC. The summed E-state index contributed by atoms with van der Waals surface area (Å²) in [5.41, 5.74) is 1.17. The van der Waals surface area contributed by atoms with Crippen LogP contribution in [0.3, 0.4) is 0 Å². The second-order valence-electron chi connectivity index (χ2n) is 3.23. The molecule has 15 heavy (non-hydrogen) atoms. The molecule has 0 spiro atoms. The van der Waals surface area contributed by atoms with Crippen LogP contribution in [0.5, 0.6) is 0 Å². The van der Waals surface area contributed by atoms with Gasteiger partial charge >= 0.3 is 5.97 Å². The molecule has 0 radical (unpaired) electrons. The van der Waals surface area contributed by atoms with E-state index in [1.807, 2.05) is 25.7 Å². The molecule has 4 heteroatoms. The van der Waals surface area contributed by atoms with Gasteiger partial charge in [-0.3, -0.25) is 0 Å². The smallest absolute Gasteiger partial charge is 0.333 e. The first-order chi connectivity index (χ1) is 7.12. The molecule has 0 heterocycles. The van der Waals surface area contributed by atoms with Gasteiger partial charge in [0, 0.05) is 31.8 Å². The Kier molecular flexibility index (Phi) is 6.79. The number of hydrogen-bond donors (Lipinski definition) is 2. The van der Waals surface area contributed by atoms with Crippen LogP contribution >= 0.6 is 0 Å². The molecule has 4 nitrogen and oxygen atoms in total. The van der Waals surface area contributed by atoms with E-state index < -0.39 is 5.97 Å². The maximum absolute atomic E-state index is 11.0. The monoisotopic (exact) mass is 215 g/mol. The van der Waals surface area contributed by atoms with Crippen LogP contribution in [-0.2, 0) is 4.79 Å². The zero-order chi connectivity index (χ0) is 11.8. The number of rotatable bonds is 7. The third kappa shape index (κ3) is 3.91. The summed E-state index contributed by atoms with van der Waals surface area (Å²) in [6, 6.07) is 0. The van der Waals surface area contributed by atoms with Gasteiger partial charge in [-0.1, -0.05) is 6.92 Å². The zero-order valence-electron chi connectivity index (χ0n) is 9.79. The second kappa shape index (κ2) is 7.29. The summed E-state index contributed by atoms with van der Waals surface area (Å²) in [6.45, 7) is 7.40. The Hall–Kier alpha value is -1.03. The highest BCUT2D eigenvalue weighted by Crippen LogP contribution is 2.17. The molecule has 0 atom stereocenters. The Labute approximate surface area is 91.2 Å². The fourth-order valence-corrected chi connectivity index (χ4v) is 1.72. The van der Waals surface area contributed by atoms with E-state index >= 15 is 0 Å². The third-order valence-electron chi connectivity index (χ3n) is 2.45. The number of carboxylic acid groups (broad SMARTS) is 1. The van der Waals surface area contributed by atoms with Crippen LogP contribution < -0.4 is 0 Å². The van der Waals surface area contributed by atoms with Crippen molar-refractivity contribution >= 4 is 5.97 Å². The van der Waals surface area contributed by atoms with Crippen LogP contribution in [0.2, 0.25) is 0 Å². The summed E-state index contributed by atoms with van der Waals surface area (Å²) in [4.78, 5) is 13.1. The topological polar surface area (TPSA) is 60.8 Å². The van der Waals surface area contributed by atoms with Gasteiger partial charge in [-0.05, 0) is 20.3 Å². The van der Waals surface area contributed by atoms with E-state index in [2.05, 4.69) is 0 Å². The van der Waals surface area contributed by atoms with Gasteiger partial charge in [0.15, 0.2) is 0 Å². The highest BCUT2D eigenvalue weighted by molar-refractivity contribution is 5.87. The van der Waals surface area contributed by atoms with Gasteiger partial charge in [-0.2, -0.15) is 0 Å². The van der Waals surface area contributed by atoms with Crippen molar-refractivity contribution in [2.45, 2.75) is 33.6 Å². The summed E-state index contributed by atoms with van der Waals surface area (Å²) >= 11 is 0. The fourth-order valence-electron chi connectivity index (χ4n) is 1.72. The predicted octanol–water partition coefficient (Wildman–Crippen LogP) is 1.46. The Morgan fingerprint density at radius 2 is 1.73 bits per heavy atom. The van der Waals surface area contributed by atoms with E-state index in [1.165, 1.54) is 0 Å². The molecule has 0 saturated carbocycles. The first-order valence-electron chi connectivity index (χ1n) is 5.43. The molecule has 0 aromatic carbocycles. The molecule has 0 aromatic rings. The quantitative estimate of drug-likeness (QED) is 0.631. The van der Waals surface area contributed by atoms with E-state index in [1.54, 1.807) is 0 Å². The standard InChI is InChI=1S/C11H21NO3/c1-4-10(12(5-2)6-3)9(7-8-13)11(14)15/h13H,4-8H2,1-3H3,(H,14,15). The Morgan fingerprint density at radius 3 is 2.00 bits per heavy atom. The zero-order valence-corrected chi connectivity index (χ0v) is 9.79. The van der Waals surface area contributed by atoms with Crippen LogP contribution in [0.1, 0.15) is 33.6 Å². The lowest BCUT2D eigenvalue weighted by Crippen LogP contribution is -2.25. The lowest BCUT2D eigenvalue weighted by molar-refractivity contribution is -0.133. The van der Waals surface area contributed by atoms with Crippen LogP contribution in [0.15, 0.2) is 11.3 Å². The molecule has 0 bridgehead atoms. The second-order valence-corrected chi connectivity index (χ2v) is 3.23. The number of aliphatic hydroxyl groups excluding tert-OH is 1. The average molecular weight is 215 g/mol. The molecule has 0 saturated heterocycles. The summed E-state index contributed by atoms with van der Waals surface area (Å²) < 4.78 is 0. The van der Waals surface area contributed by atoms with E-state index in [-0.39, 0.29) is 13.0 Å². The van der Waals surface area contributed by atoms with Crippen molar-refractivity contribution in [1.82, 2.24) is 4.90 Å². The first-order valence-corrected chi connectivity index (χ1v) is 5.43. The van der Waals surface area contributed by atoms with Crippen molar-refractivity contribution in [2.75, 3.05) is 19.7 Å². The fraction of sp³-hybridized carbons (Fsp3) is 0.727. The van der Waals surface area contributed by atoms with Gasteiger partial charge in [-0.15, -0.1) is 0 Å². The van der Waals surface area contributed by atoms with Crippen LogP contribution in [0, 0.1) is 0 Å². The number of allylic oxidation sites excluding steroid dienone is 1. The molecule has 0 aliphatic heterocycles. The van der Waals surface area contributed by atoms with E-state index in [9.17, 15) is 4.79 Å². The van der Waals surface area contributed by atoms with Gasteiger partial charge in [0.05, 0.1) is 5.57 Å². The lowest BCUT2D eigenvalue weighted by atomic mass is 10.1. The van der Waals surface area contributed by atoms with Gasteiger partial charge < -0.3 is 15.1 Å². The van der Waals surface area contributed by atoms with Crippen LogP contribution in [0.4, 0.5) is 0 Å². The highest BCUT2D eigenvalue weighted by Gasteiger charge is 2.16. The lowest BCUT2D eigenvalue weighted by Gasteiger charge is -2.25. The molecule has 0 aliphatic carbocycles. The Balaban J connectivity index is 5.09. The van der Waals surface area contributed by atoms with Gasteiger partial charge in [0.25, 0.3) is 0 Å². The van der Waals surface area contributed by atoms with Gasteiger partial charge in [-0.25, -0.2) is 4.79 Å². The number of aliphatic hydroxyl groups is 1. The minimum absolute atomic E-state index is 0.119. The van der Waals surface area contributed by atoms with Crippen molar-refractivity contribution < 1.29 is 15.0 Å². The van der Waals surface area contributed by atoms with E-state index in [4.69, 9.17) is 10.2 Å². The molecular formula is C11H21NO3. The number of aliphatic carboxylic acids is 1. The summed E-state index contributed by atoms with van der Waals surface area (Å²) in [5.74, 6) is -0.923. The van der Waals surface area contributed by atoms with Crippen molar-refractivity contribution in [1.29, 1.82) is 0 Å². The van der Waals surface area contributed by atoms with Crippen LogP contribution in [0.25, 0.3) is 0 Å². The molecule has 0 aromatic heterocycles. The molecule has 0 amide bonds. The summed E-state index contributed by atoms with van der Waals surface area (Å²) in [5, 5.41) is 17.9. The molecule has 0 fully saturated rings. The number of nitrogens with zero attached hydrogens (tertiary/aromatic N) is 1. The van der Waals surface area contributed by atoms with E-state index in [0.29, 0.717) is 12.0 Å². The van der Waals surface area contributed by atoms with Crippen LogP contribution in [-0.4, -0.2) is 40.8 Å². The van der Waals surface area contributed by atoms with Gasteiger partial charge in [0.1, 0.15) is 0 Å². The largest absolute Gasteiger partial charge is 0.478 e. The molecule has 88 valence electrons. The number of hydrogen-bond acceptors (Lipinski definition) is 3. The number of carbonyl (C=O) groups is 1. The van der Waals surface area contributed by atoms with Gasteiger partial charge in [0.2, 0.25) is 0 Å². The Bertz CT molecular complexity index is 232. The summed E-state index contributed by atoms with van der Waals surface area (Å²) in [6.07, 6.45) is 0.901. The maximum atomic E-state index is 11.0. The minimum atomic E-state index is -0.923. The van der Waals surface area contributed by atoms with Crippen molar-refractivity contribution in [3.05, 3.63) is 11.3 Å². The first kappa shape index (κ1) is 14.0. The average Bonchev–Trinajstić information content (AvgIpc) is 2.23. The minimum Gasteiger partial charge on any atom is -0.478 e. The molecule has 0 aliphatic rings. The predicted molar refractivity (Wildman–Crippen MR) is 59.6 cm³/mol. The maximum Gasteiger partial charge on any atom is 0.333 e. The third-order valence-corrected chi connectivity index (χ3v) is 2.45. The molecule has 2 N–H and O–H groups in total. The normalized spacial score (nSPS) is 12.3. The van der Waals surface area contributed by atoms with Crippen molar-refractivity contribution in [3.63, 3.8) is 0 Å². The Morgan fingerprint density at radius 1 is 1.20 bits per heavy atom. The van der Waals surface area contributed by atoms with Crippen molar-refractivity contribution in [2.24, 2.45) is 0 Å². The molecule has 0 rings (SSSR count). The molecule has 0 unspecified atom stereocenters. The summed E-state index contributed by atoms with van der Waals surface area (Å²) in [7, 11) is 0. The molecular weight excluding hydrogens is 194 g/mol. The number of carboxylic acids is 1. The van der Waals surface area contributed by atoms with E-state index in [0.717, 1.165) is 18.8 Å². The highest BCUT2D eigenvalue weighted by atomic mass is 16.4.